The minimum Gasteiger partial charge on any atom is -0.392 e. The molecule has 1 unspecified atom stereocenters. The number of carbonyl (C=O) groups is 1. The average molecular weight is 336 g/mol. The molecular weight excluding hydrogens is 307 g/mol. The number of carbonyl (C=O) groups excluding carboxylic acids is 1. The highest BCUT2D eigenvalue weighted by molar-refractivity contribution is 5.78. The zero-order chi connectivity index (χ0) is 17.5. The van der Waals surface area contributed by atoms with Crippen LogP contribution in [0.15, 0.2) is 18.2 Å². The summed E-state index contributed by atoms with van der Waals surface area (Å²) in [4.78, 5) is 14.4. The first-order valence-electron chi connectivity index (χ1n) is 8.89. The van der Waals surface area contributed by atoms with Crippen LogP contribution in [-0.4, -0.2) is 41.1 Å². The topological polar surface area (TPSA) is 52.6 Å². The SMILES string of the molecule is Cc1ccc(CNC(=O)CN(CC(C)O)C2CCCCC2)cc1F. The summed E-state index contributed by atoms with van der Waals surface area (Å²) >= 11 is 0. The number of aryl methyl sites for hydroxylation is 1. The lowest BCUT2D eigenvalue weighted by Gasteiger charge is -2.34. The standard InChI is InChI=1S/C19H29FN2O2/c1-14-8-9-16(10-18(14)20)11-21-19(24)13-22(12-15(2)23)17-6-4-3-5-7-17/h8-10,15,17,23H,3-7,11-13H2,1-2H3,(H,21,24). The van der Waals surface area contributed by atoms with E-state index < -0.39 is 6.10 Å². The summed E-state index contributed by atoms with van der Waals surface area (Å²) in [7, 11) is 0. The molecule has 0 heterocycles. The van der Waals surface area contributed by atoms with Gasteiger partial charge < -0.3 is 10.4 Å². The van der Waals surface area contributed by atoms with Gasteiger partial charge in [0.05, 0.1) is 12.6 Å². The fraction of sp³-hybridized carbons (Fsp3) is 0.632. The van der Waals surface area contributed by atoms with Crippen molar-refractivity contribution in [2.24, 2.45) is 0 Å². The lowest BCUT2D eigenvalue weighted by molar-refractivity contribution is -0.123. The number of nitrogens with one attached hydrogen (secondary N) is 1. The van der Waals surface area contributed by atoms with Gasteiger partial charge in [-0.2, -0.15) is 0 Å². The van der Waals surface area contributed by atoms with Crippen molar-refractivity contribution >= 4 is 5.91 Å². The monoisotopic (exact) mass is 336 g/mol. The van der Waals surface area contributed by atoms with Crippen LogP contribution in [0.25, 0.3) is 0 Å². The van der Waals surface area contributed by atoms with Gasteiger partial charge in [0, 0.05) is 19.1 Å². The molecular formula is C19H29FN2O2. The molecule has 1 aliphatic rings. The number of aliphatic hydroxyl groups is 1. The predicted octanol–water partition coefficient (Wildman–Crippen LogP) is 2.77. The van der Waals surface area contributed by atoms with E-state index in [-0.39, 0.29) is 18.3 Å². The largest absolute Gasteiger partial charge is 0.392 e. The third-order valence-corrected chi connectivity index (χ3v) is 4.66. The Morgan fingerprint density at radius 2 is 2.08 bits per heavy atom. The van der Waals surface area contributed by atoms with Crippen LogP contribution in [0.4, 0.5) is 4.39 Å². The highest BCUT2D eigenvalue weighted by Crippen LogP contribution is 2.22. The molecule has 5 heteroatoms. The smallest absolute Gasteiger partial charge is 0.234 e. The molecule has 0 spiro atoms. The van der Waals surface area contributed by atoms with E-state index in [0.29, 0.717) is 24.7 Å². The maximum atomic E-state index is 13.6. The summed E-state index contributed by atoms with van der Waals surface area (Å²) < 4.78 is 13.6. The Balaban J connectivity index is 1.87. The van der Waals surface area contributed by atoms with Crippen molar-refractivity contribution in [3.63, 3.8) is 0 Å². The third kappa shape index (κ3) is 5.87. The lowest BCUT2D eigenvalue weighted by atomic mass is 9.94. The van der Waals surface area contributed by atoms with Gasteiger partial charge in [-0.3, -0.25) is 9.69 Å². The number of halogens is 1. The summed E-state index contributed by atoms with van der Waals surface area (Å²) in [6.07, 6.45) is 5.35. The molecule has 1 amide bonds. The molecule has 24 heavy (non-hydrogen) atoms. The second-order valence-electron chi connectivity index (χ2n) is 6.93. The van der Waals surface area contributed by atoms with E-state index in [0.717, 1.165) is 18.4 Å². The van der Waals surface area contributed by atoms with Gasteiger partial charge in [0.2, 0.25) is 5.91 Å². The Kier molecular flexibility index (Phi) is 7.18. The number of amides is 1. The molecule has 1 fully saturated rings. The van der Waals surface area contributed by atoms with Crippen LogP contribution in [-0.2, 0) is 11.3 Å². The highest BCUT2D eigenvalue weighted by atomic mass is 19.1. The lowest BCUT2D eigenvalue weighted by Crippen LogP contribution is -2.46. The van der Waals surface area contributed by atoms with Crippen LogP contribution in [0.2, 0.25) is 0 Å². The van der Waals surface area contributed by atoms with E-state index >= 15 is 0 Å². The molecule has 1 aliphatic carbocycles. The van der Waals surface area contributed by atoms with Crippen molar-refractivity contribution in [3.8, 4) is 0 Å². The number of nitrogens with zero attached hydrogens (tertiary/aromatic N) is 1. The molecule has 134 valence electrons. The first kappa shape index (κ1) is 18.9. The normalized spacial score (nSPS) is 17.0. The summed E-state index contributed by atoms with van der Waals surface area (Å²) in [5.41, 5.74) is 1.36. The summed E-state index contributed by atoms with van der Waals surface area (Å²) in [5.74, 6) is -0.332. The van der Waals surface area contributed by atoms with Crippen LogP contribution < -0.4 is 5.32 Å². The molecule has 1 aromatic rings. The van der Waals surface area contributed by atoms with E-state index in [2.05, 4.69) is 10.2 Å². The Morgan fingerprint density at radius 3 is 2.71 bits per heavy atom. The molecule has 4 nitrogen and oxygen atoms in total. The van der Waals surface area contributed by atoms with Gasteiger partial charge in [-0.15, -0.1) is 0 Å². The number of benzene rings is 1. The maximum Gasteiger partial charge on any atom is 0.234 e. The third-order valence-electron chi connectivity index (χ3n) is 4.66. The molecule has 0 radical (unpaired) electrons. The van der Waals surface area contributed by atoms with E-state index in [1.807, 2.05) is 6.07 Å². The number of hydrogen-bond donors (Lipinski definition) is 2. The molecule has 0 aromatic heterocycles. The van der Waals surface area contributed by atoms with Crippen molar-refractivity contribution in [3.05, 3.63) is 35.1 Å². The second-order valence-corrected chi connectivity index (χ2v) is 6.93. The molecule has 1 saturated carbocycles. The Hall–Kier alpha value is -1.46. The fourth-order valence-corrected chi connectivity index (χ4v) is 3.32. The van der Waals surface area contributed by atoms with Gasteiger partial charge in [-0.1, -0.05) is 31.4 Å². The van der Waals surface area contributed by atoms with E-state index in [1.54, 1.807) is 19.9 Å². The Morgan fingerprint density at radius 1 is 1.38 bits per heavy atom. The minimum atomic E-state index is -0.453. The minimum absolute atomic E-state index is 0.0813. The first-order chi connectivity index (χ1) is 11.5. The Labute approximate surface area is 144 Å². The average Bonchev–Trinajstić information content (AvgIpc) is 2.56. The van der Waals surface area contributed by atoms with Crippen molar-refractivity contribution in [1.82, 2.24) is 10.2 Å². The van der Waals surface area contributed by atoms with Crippen molar-refractivity contribution in [2.75, 3.05) is 13.1 Å². The van der Waals surface area contributed by atoms with Crippen molar-refractivity contribution in [2.45, 2.75) is 64.6 Å². The molecule has 1 atom stereocenters. The Bertz CT molecular complexity index is 542. The number of hydrogen-bond acceptors (Lipinski definition) is 3. The van der Waals surface area contributed by atoms with Crippen LogP contribution in [0.5, 0.6) is 0 Å². The fourth-order valence-electron chi connectivity index (χ4n) is 3.32. The van der Waals surface area contributed by atoms with Crippen molar-refractivity contribution in [1.29, 1.82) is 0 Å². The van der Waals surface area contributed by atoms with Gasteiger partial charge in [-0.25, -0.2) is 4.39 Å². The summed E-state index contributed by atoms with van der Waals surface area (Å²) in [6, 6.07) is 5.38. The zero-order valence-electron chi connectivity index (χ0n) is 14.7. The molecule has 2 rings (SSSR count). The molecule has 0 aliphatic heterocycles. The molecule has 2 N–H and O–H groups in total. The van der Waals surface area contributed by atoms with Gasteiger partial charge in [0.1, 0.15) is 5.82 Å². The summed E-state index contributed by atoms with van der Waals surface area (Å²) in [6.45, 7) is 4.59. The quantitative estimate of drug-likeness (QED) is 0.805. The van der Waals surface area contributed by atoms with E-state index in [9.17, 15) is 14.3 Å². The van der Waals surface area contributed by atoms with Gasteiger partial charge in [0.25, 0.3) is 0 Å². The van der Waals surface area contributed by atoms with Crippen LogP contribution in [0.3, 0.4) is 0 Å². The number of aliphatic hydroxyl groups excluding tert-OH is 1. The highest BCUT2D eigenvalue weighted by Gasteiger charge is 2.24. The molecule has 1 aromatic carbocycles. The zero-order valence-corrected chi connectivity index (χ0v) is 14.7. The first-order valence-corrected chi connectivity index (χ1v) is 8.89. The maximum absolute atomic E-state index is 13.6. The van der Waals surface area contributed by atoms with Crippen molar-refractivity contribution < 1.29 is 14.3 Å². The van der Waals surface area contributed by atoms with Crippen LogP contribution in [0.1, 0.15) is 50.2 Å². The van der Waals surface area contributed by atoms with E-state index in [4.69, 9.17) is 0 Å². The predicted molar refractivity (Wildman–Crippen MR) is 93.1 cm³/mol. The molecule has 0 bridgehead atoms. The van der Waals surface area contributed by atoms with Gasteiger partial charge in [0.15, 0.2) is 0 Å². The summed E-state index contributed by atoms with van der Waals surface area (Å²) in [5, 5.41) is 12.6. The number of rotatable bonds is 7. The van der Waals surface area contributed by atoms with Gasteiger partial charge >= 0.3 is 0 Å². The second kappa shape index (κ2) is 9.14. The molecule has 0 saturated heterocycles. The van der Waals surface area contributed by atoms with Crippen LogP contribution in [0, 0.1) is 12.7 Å². The van der Waals surface area contributed by atoms with E-state index in [1.165, 1.54) is 25.3 Å². The van der Waals surface area contributed by atoms with Gasteiger partial charge in [-0.05, 0) is 43.9 Å². The van der Waals surface area contributed by atoms with Crippen LogP contribution >= 0.6 is 0 Å².